The molecule has 0 aromatic carbocycles. The molecule has 2 fully saturated rings. The Morgan fingerprint density at radius 3 is 2.64 bits per heavy atom. The van der Waals surface area contributed by atoms with Crippen molar-refractivity contribution in [1.29, 1.82) is 0 Å². The molecule has 2 rings (SSSR count). The van der Waals surface area contributed by atoms with Gasteiger partial charge in [-0.25, -0.2) is 0 Å². The van der Waals surface area contributed by atoms with Gasteiger partial charge >= 0.3 is 0 Å². The molecular weight excluding hydrogens is 138 g/mol. The molecule has 1 heterocycles. The number of hydrogen-bond acceptors (Lipinski definition) is 2. The Morgan fingerprint density at radius 1 is 1.55 bits per heavy atom. The highest BCUT2D eigenvalue weighted by Gasteiger charge is 2.53. The van der Waals surface area contributed by atoms with Crippen LogP contribution in [0, 0.1) is 5.41 Å². The summed E-state index contributed by atoms with van der Waals surface area (Å²) in [7, 11) is 0. The van der Waals surface area contributed by atoms with Crippen molar-refractivity contribution in [3.8, 4) is 0 Å². The van der Waals surface area contributed by atoms with E-state index < -0.39 is 0 Å². The van der Waals surface area contributed by atoms with Crippen LogP contribution in [0.3, 0.4) is 0 Å². The molecule has 64 valence electrons. The Bertz CT molecular complexity index is 146. The minimum atomic E-state index is 0.325. The molecule has 0 bridgehead atoms. The third-order valence-corrected chi connectivity index (χ3v) is 3.31. The summed E-state index contributed by atoms with van der Waals surface area (Å²) in [4.78, 5) is 0. The fraction of sp³-hybridized carbons (Fsp3) is 1.00. The standard InChI is InChI=1S/C9H17NO/c1-7(10)9(4-5-9)8-3-2-6-11-8/h7-8H,2-6,10H2,1H3. The van der Waals surface area contributed by atoms with Crippen molar-refractivity contribution in [2.75, 3.05) is 6.61 Å². The van der Waals surface area contributed by atoms with Crippen LogP contribution in [-0.2, 0) is 4.74 Å². The lowest BCUT2D eigenvalue weighted by atomic mass is 9.90. The summed E-state index contributed by atoms with van der Waals surface area (Å²) in [5, 5.41) is 0. The van der Waals surface area contributed by atoms with Crippen LogP contribution in [0.15, 0.2) is 0 Å². The van der Waals surface area contributed by atoms with Crippen LogP contribution in [-0.4, -0.2) is 18.8 Å². The lowest BCUT2D eigenvalue weighted by Gasteiger charge is -2.25. The van der Waals surface area contributed by atoms with Gasteiger partial charge in [0.05, 0.1) is 6.10 Å². The van der Waals surface area contributed by atoms with Gasteiger partial charge in [-0.05, 0) is 32.6 Å². The number of hydrogen-bond donors (Lipinski definition) is 1. The monoisotopic (exact) mass is 155 g/mol. The largest absolute Gasteiger partial charge is 0.378 e. The third-order valence-electron chi connectivity index (χ3n) is 3.31. The second-order valence-corrected chi connectivity index (χ2v) is 4.02. The minimum absolute atomic E-state index is 0.325. The molecule has 0 radical (unpaired) electrons. The third kappa shape index (κ3) is 1.09. The quantitative estimate of drug-likeness (QED) is 0.652. The van der Waals surface area contributed by atoms with Crippen LogP contribution in [0.2, 0.25) is 0 Å². The Kier molecular flexibility index (Phi) is 1.69. The molecule has 0 aromatic rings. The van der Waals surface area contributed by atoms with E-state index in [1.165, 1.54) is 25.7 Å². The van der Waals surface area contributed by atoms with Crippen LogP contribution >= 0.6 is 0 Å². The fourth-order valence-electron chi connectivity index (χ4n) is 2.25. The van der Waals surface area contributed by atoms with Crippen LogP contribution in [0.5, 0.6) is 0 Å². The van der Waals surface area contributed by atoms with Gasteiger partial charge < -0.3 is 10.5 Å². The Labute approximate surface area is 68.1 Å². The van der Waals surface area contributed by atoms with Crippen molar-refractivity contribution in [2.45, 2.75) is 44.8 Å². The topological polar surface area (TPSA) is 35.2 Å². The maximum Gasteiger partial charge on any atom is 0.0646 e. The molecule has 2 aliphatic rings. The van der Waals surface area contributed by atoms with Gasteiger partial charge in [0.1, 0.15) is 0 Å². The molecule has 1 aliphatic heterocycles. The molecule has 2 nitrogen and oxygen atoms in total. The maximum absolute atomic E-state index is 5.93. The van der Waals surface area contributed by atoms with Gasteiger partial charge in [-0.3, -0.25) is 0 Å². The zero-order valence-electron chi connectivity index (χ0n) is 7.18. The van der Waals surface area contributed by atoms with Gasteiger partial charge in [0.25, 0.3) is 0 Å². The van der Waals surface area contributed by atoms with Gasteiger partial charge in [-0.15, -0.1) is 0 Å². The first-order chi connectivity index (χ1) is 5.26. The minimum Gasteiger partial charge on any atom is -0.378 e. The molecule has 1 saturated heterocycles. The zero-order chi connectivity index (χ0) is 7.90. The van der Waals surface area contributed by atoms with E-state index in [1.807, 2.05) is 0 Å². The molecule has 2 unspecified atom stereocenters. The first-order valence-corrected chi connectivity index (χ1v) is 4.63. The van der Waals surface area contributed by atoms with Crippen LogP contribution in [0.4, 0.5) is 0 Å². The number of rotatable bonds is 2. The highest BCUT2D eigenvalue weighted by Crippen LogP contribution is 2.54. The highest BCUT2D eigenvalue weighted by molar-refractivity contribution is 5.05. The molecular formula is C9H17NO. The number of nitrogens with two attached hydrogens (primary N) is 1. The summed E-state index contributed by atoms with van der Waals surface area (Å²) in [6.07, 6.45) is 5.54. The van der Waals surface area contributed by atoms with E-state index >= 15 is 0 Å². The summed E-state index contributed by atoms with van der Waals surface area (Å²) >= 11 is 0. The van der Waals surface area contributed by atoms with E-state index in [-0.39, 0.29) is 0 Å². The first-order valence-electron chi connectivity index (χ1n) is 4.63. The van der Waals surface area contributed by atoms with E-state index in [9.17, 15) is 0 Å². The van der Waals surface area contributed by atoms with Crippen molar-refractivity contribution in [2.24, 2.45) is 11.1 Å². The molecule has 1 saturated carbocycles. The Morgan fingerprint density at radius 2 is 2.27 bits per heavy atom. The predicted octanol–water partition coefficient (Wildman–Crippen LogP) is 1.29. The maximum atomic E-state index is 5.93. The summed E-state index contributed by atoms with van der Waals surface area (Å²) in [6.45, 7) is 3.08. The summed E-state index contributed by atoms with van der Waals surface area (Å²) in [5.41, 5.74) is 6.32. The smallest absolute Gasteiger partial charge is 0.0646 e. The molecule has 11 heavy (non-hydrogen) atoms. The van der Waals surface area contributed by atoms with Crippen molar-refractivity contribution >= 4 is 0 Å². The molecule has 0 amide bonds. The number of ether oxygens (including phenoxy) is 1. The fourth-order valence-corrected chi connectivity index (χ4v) is 2.25. The van der Waals surface area contributed by atoms with Crippen LogP contribution < -0.4 is 5.73 Å². The predicted molar refractivity (Wildman–Crippen MR) is 44.3 cm³/mol. The SMILES string of the molecule is CC(N)C1(C2CCCO2)CC1. The van der Waals surface area contributed by atoms with Crippen molar-refractivity contribution < 1.29 is 4.74 Å². The molecule has 1 aliphatic carbocycles. The van der Waals surface area contributed by atoms with Crippen LogP contribution in [0.1, 0.15) is 32.6 Å². The average Bonchev–Trinajstić information content (AvgIpc) is 2.61. The molecule has 2 atom stereocenters. The van der Waals surface area contributed by atoms with E-state index in [2.05, 4.69) is 6.92 Å². The van der Waals surface area contributed by atoms with Gasteiger partial charge in [0.15, 0.2) is 0 Å². The lowest BCUT2D eigenvalue weighted by molar-refractivity contribution is 0.0423. The zero-order valence-corrected chi connectivity index (χ0v) is 7.18. The average molecular weight is 155 g/mol. The molecule has 0 aromatic heterocycles. The van der Waals surface area contributed by atoms with E-state index in [0.29, 0.717) is 17.6 Å². The normalized spacial score (nSPS) is 37.1. The van der Waals surface area contributed by atoms with Gasteiger partial charge in [0.2, 0.25) is 0 Å². The van der Waals surface area contributed by atoms with E-state index in [1.54, 1.807) is 0 Å². The van der Waals surface area contributed by atoms with Gasteiger partial charge in [-0.1, -0.05) is 0 Å². The van der Waals surface area contributed by atoms with Gasteiger partial charge in [0, 0.05) is 18.1 Å². The molecule has 2 heteroatoms. The Hall–Kier alpha value is -0.0800. The summed E-state index contributed by atoms with van der Waals surface area (Å²) < 4.78 is 5.66. The highest BCUT2D eigenvalue weighted by atomic mass is 16.5. The van der Waals surface area contributed by atoms with Crippen molar-refractivity contribution in [3.05, 3.63) is 0 Å². The van der Waals surface area contributed by atoms with Gasteiger partial charge in [-0.2, -0.15) is 0 Å². The lowest BCUT2D eigenvalue weighted by Crippen LogP contribution is -2.37. The van der Waals surface area contributed by atoms with Crippen molar-refractivity contribution in [1.82, 2.24) is 0 Å². The summed E-state index contributed by atoms with van der Waals surface area (Å²) in [5.74, 6) is 0. The second kappa shape index (κ2) is 2.46. The van der Waals surface area contributed by atoms with E-state index in [0.717, 1.165) is 6.61 Å². The Balaban J connectivity index is 2.01. The first kappa shape index (κ1) is 7.56. The summed E-state index contributed by atoms with van der Waals surface area (Å²) in [6, 6.07) is 0.325. The second-order valence-electron chi connectivity index (χ2n) is 4.02. The molecule has 0 spiro atoms. The molecule has 2 N–H and O–H groups in total. The van der Waals surface area contributed by atoms with E-state index in [4.69, 9.17) is 10.5 Å². The van der Waals surface area contributed by atoms with Crippen molar-refractivity contribution in [3.63, 3.8) is 0 Å². The van der Waals surface area contributed by atoms with Crippen LogP contribution in [0.25, 0.3) is 0 Å².